The summed E-state index contributed by atoms with van der Waals surface area (Å²) in [5.41, 5.74) is 0.541. The molecule has 0 unspecified atom stereocenters. The number of aryl methyl sites for hydroxylation is 1. The number of amides is 1. The van der Waals surface area contributed by atoms with E-state index in [0.717, 1.165) is 4.88 Å². The first kappa shape index (κ1) is 14.6. The minimum absolute atomic E-state index is 0.144. The number of ketones is 1. The third-order valence-electron chi connectivity index (χ3n) is 2.83. The zero-order chi connectivity index (χ0) is 15.7. The lowest BCUT2D eigenvalue weighted by atomic mass is 10.3. The van der Waals surface area contributed by atoms with Crippen molar-refractivity contribution in [3.8, 4) is 10.8 Å². The van der Waals surface area contributed by atoms with E-state index >= 15 is 0 Å². The molecular formula is C14H11N3O3S2. The molecule has 1 amide bonds. The molecule has 1 N–H and O–H groups in total. The van der Waals surface area contributed by atoms with Gasteiger partial charge in [0.05, 0.1) is 4.88 Å². The highest BCUT2D eigenvalue weighted by Crippen LogP contribution is 2.26. The number of carbonyl (C=O) groups is 2. The Bertz CT molecular complexity index is 834. The Hall–Kier alpha value is -2.32. The van der Waals surface area contributed by atoms with Crippen molar-refractivity contribution in [1.29, 1.82) is 0 Å². The third-order valence-corrected chi connectivity index (χ3v) is 4.44. The maximum Gasteiger partial charge on any atom is 0.279 e. The second-order valence-corrected chi connectivity index (χ2v) is 6.26. The molecule has 6 nitrogen and oxygen atoms in total. The first-order chi connectivity index (χ1) is 10.5. The van der Waals surface area contributed by atoms with Gasteiger partial charge in [-0.15, -0.1) is 22.7 Å². The molecule has 0 saturated carbocycles. The molecule has 0 spiro atoms. The molecule has 3 rings (SSSR count). The molecule has 0 aliphatic heterocycles. The average molecular weight is 333 g/mol. The van der Waals surface area contributed by atoms with Crippen LogP contribution in [0.4, 0.5) is 5.13 Å². The number of nitrogens with zero attached hydrogens (tertiary/aromatic N) is 2. The Balaban J connectivity index is 1.81. The first-order valence-corrected chi connectivity index (χ1v) is 8.09. The van der Waals surface area contributed by atoms with E-state index in [1.807, 2.05) is 17.5 Å². The fourth-order valence-electron chi connectivity index (χ4n) is 1.76. The summed E-state index contributed by atoms with van der Waals surface area (Å²) in [5.74, 6) is 0.299. The van der Waals surface area contributed by atoms with Crippen molar-refractivity contribution in [2.24, 2.45) is 0 Å². The van der Waals surface area contributed by atoms with E-state index in [1.54, 1.807) is 12.3 Å². The number of aromatic nitrogens is 2. The van der Waals surface area contributed by atoms with Crippen LogP contribution in [0.3, 0.4) is 0 Å². The van der Waals surface area contributed by atoms with Gasteiger partial charge in [-0.3, -0.25) is 14.9 Å². The highest BCUT2D eigenvalue weighted by molar-refractivity contribution is 7.14. The van der Waals surface area contributed by atoms with E-state index in [2.05, 4.69) is 15.3 Å². The normalized spacial score (nSPS) is 10.6. The quantitative estimate of drug-likeness (QED) is 0.737. The molecule has 3 aromatic heterocycles. The number of anilines is 1. The van der Waals surface area contributed by atoms with Crippen molar-refractivity contribution >= 4 is 39.5 Å². The Morgan fingerprint density at radius 1 is 1.27 bits per heavy atom. The van der Waals surface area contributed by atoms with Gasteiger partial charge in [0.2, 0.25) is 5.89 Å². The zero-order valence-electron chi connectivity index (χ0n) is 11.7. The Morgan fingerprint density at radius 3 is 2.73 bits per heavy atom. The standard InChI is InChI=1S/C14H11N3O3S2/c1-7(18)9-6-22-14(15-9)17-12(19)11-8(2)20-13(16-11)10-4-3-5-21-10/h3-6H,1-2H3,(H,15,17,19). The number of carbonyl (C=O) groups excluding carboxylic acids is 2. The van der Waals surface area contributed by atoms with Gasteiger partial charge in [-0.2, -0.15) is 0 Å². The number of nitrogens with one attached hydrogen (secondary N) is 1. The van der Waals surface area contributed by atoms with Gasteiger partial charge in [0, 0.05) is 12.3 Å². The molecule has 0 fully saturated rings. The number of oxazole rings is 1. The molecule has 8 heteroatoms. The number of thiophene rings is 1. The zero-order valence-corrected chi connectivity index (χ0v) is 13.4. The summed E-state index contributed by atoms with van der Waals surface area (Å²) in [6.07, 6.45) is 0. The first-order valence-electron chi connectivity index (χ1n) is 6.33. The van der Waals surface area contributed by atoms with Gasteiger partial charge in [0.25, 0.3) is 5.91 Å². The molecule has 3 aromatic rings. The fourth-order valence-corrected chi connectivity index (χ4v) is 3.16. The van der Waals surface area contributed by atoms with Crippen LogP contribution >= 0.6 is 22.7 Å². The van der Waals surface area contributed by atoms with Crippen LogP contribution in [0, 0.1) is 6.92 Å². The number of rotatable bonds is 4. The van der Waals surface area contributed by atoms with Crippen LogP contribution in [0.2, 0.25) is 0 Å². The van der Waals surface area contributed by atoms with E-state index in [0.29, 0.717) is 22.5 Å². The van der Waals surface area contributed by atoms with Gasteiger partial charge in [0.15, 0.2) is 16.6 Å². The molecule has 0 saturated heterocycles. The topological polar surface area (TPSA) is 85.1 Å². The molecule has 22 heavy (non-hydrogen) atoms. The summed E-state index contributed by atoms with van der Waals surface area (Å²) >= 11 is 2.68. The molecule has 0 aromatic carbocycles. The second kappa shape index (κ2) is 5.82. The molecule has 0 bridgehead atoms. The van der Waals surface area contributed by atoms with Crippen LogP contribution in [-0.4, -0.2) is 21.7 Å². The van der Waals surface area contributed by atoms with Crippen molar-refractivity contribution < 1.29 is 14.0 Å². The molecule has 0 aliphatic carbocycles. The minimum Gasteiger partial charge on any atom is -0.440 e. The van der Waals surface area contributed by atoms with Gasteiger partial charge >= 0.3 is 0 Å². The number of hydrogen-bond donors (Lipinski definition) is 1. The maximum absolute atomic E-state index is 12.2. The largest absolute Gasteiger partial charge is 0.440 e. The summed E-state index contributed by atoms with van der Waals surface area (Å²) in [6.45, 7) is 3.11. The number of thiazole rings is 1. The van der Waals surface area contributed by atoms with Crippen LogP contribution < -0.4 is 5.32 Å². The van der Waals surface area contributed by atoms with Gasteiger partial charge in [0.1, 0.15) is 11.5 Å². The Labute approximate surface area is 133 Å². The Morgan fingerprint density at radius 2 is 2.09 bits per heavy atom. The molecular weight excluding hydrogens is 322 g/mol. The lowest BCUT2D eigenvalue weighted by Gasteiger charge is -1.97. The van der Waals surface area contributed by atoms with Crippen molar-refractivity contribution in [1.82, 2.24) is 9.97 Å². The summed E-state index contributed by atoms with van der Waals surface area (Å²) in [5, 5.41) is 6.50. The van der Waals surface area contributed by atoms with E-state index in [-0.39, 0.29) is 11.5 Å². The number of hydrogen-bond acceptors (Lipinski definition) is 7. The monoisotopic (exact) mass is 333 g/mol. The van der Waals surface area contributed by atoms with Gasteiger partial charge in [-0.05, 0) is 18.4 Å². The number of Topliss-reactive ketones (excluding diaryl/α,β-unsaturated/α-hetero) is 1. The summed E-state index contributed by atoms with van der Waals surface area (Å²) in [7, 11) is 0. The van der Waals surface area contributed by atoms with Crippen molar-refractivity contribution in [3.63, 3.8) is 0 Å². The van der Waals surface area contributed by atoms with E-state index in [1.165, 1.54) is 29.6 Å². The lowest BCUT2D eigenvalue weighted by Crippen LogP contribution is -2.13. The van der Waals surface area contributed by atoms with Crippen LogP contribution in [0.15, 0.2) is 27.3 Å². The molecule has 3 heterocycles. The van der Waals surface area contributed by atoms with Gasteiger partial charge < -0.3 is 4.42 Å². The van der Waals surface area contributed by atoms with E-state index < -0.39 is 5.91 Å². The van der Waals surface area contributed by atoms with E-state index in [4.69, 9.17) is 4.42 Å². The summed E-state index contributed by atoms with van der Waals surface area (Å²) < 4.78 is 5.53. The van der Waals surface area contributed by atoms with Crippen LogP contribution in [-0.2, 0) is 0 Å². The molecule has 0 atom stereocenters. The van der Waals surface area contributed by atoms with E-state index in [9.17, 15) is 9.59 Å². The molecule has 0 radical (unpaired) electrons. The SMILES string of the molecule is CC(=O)c1csc(NC(=O)c2nc(-c3cccs3)oc2C)n1. The third kappa shape index (κ3) is 2.83. The predicted molar refractivity (Wildman–Crippen MR) is 84.6 cm³/mol. The predicted octanol–water partition coefficient (Wildman–Crippen LogP) is 3.62. The summed E-state index contributed by atoms with van der Waals surface area (Å²) in [4.78, 5) is 32.6. The molecule has 0 aliphatic rings. The van der Waals surface area contributed by atoms with Crippen LogP contribution in [0.5, 0.6) is 0 Å². The van der Waals surface area contributed by atoms with Crippen molar-refractivity contribution in [2.75, 3.05) is 5.32 Å². The average Bonchev–Trinajstić information content (AvgIpc) is 3.16. The second-order valence-electron chi connectivity index (χ2n) is 4.45. The van der Waals surface area contributed by atoms with Crippen molar-refractivity contribution in [3.05, 3.63) is 40.0 Å². The Kier molecular flexibility index (Phi) is 3.86. The maximum atomic E-state index is 12.2. The smallest absolute Gasteiger partial charge is 0.279 e. The van der Waals surface area contributed by atoms with Gasteiger partial charge in [-0.1, -0.05) is 6.07 Å². The minimum atomic E-state index is -0.409. The highest BCUT2D eigenvalue weighted by Gasteiger charge is 2.20. The van der Waals surface area contributed by atoms with Crippen molar-refractivity contribution in [2.45, 2.75) is 13.8 Å². The molecule has 112 valence electrons. The fraction of sp³-hybridized carbons (Fsp3) is 0.143. The summed E-state index contributed by atoms with van der Waals surface area (Å²) in [6, 6.07) is 3.76. The lowest BCUT2D eigenvalue weighted by molar-refractivity contribution is 0.100. The van der Waals surface area contributed by atoms with Crippen LogP contribution in [0.25, 0.3) is 10.8 Å². The highest BCUT2D eigenvalue weighted by atomic mass is 32.1. The van der Waals surface area contributed by atoms with Crippen LogP contribution in [0.1, 0.15) is 33.7 Å². The van der Waals surface area contributed by atoms with Gasteiger partial charge in [-0.25, -0.2) is 9.97 Å².